The third kappa shape index (κ3) is 4.48. The van der Waals surface area contributed by atoms with Crippen LogP contribution in [0.4, 0.5) is 8.78 Å². The molecule has 1 amide bonds. The molecule has 0 saturated carbocycles. The standard InChI is InChI=1S/C22H24F2N2O4/c1-28-20-13-17(3-5-19(20)30-22(23)24)21(27)26-9-7-25(8-10-26)14-15-2-4-18-16(12-15)6-11-29-18/h2-5,12-13,22H,6-11,14H2,1H3. The molecule has 0 spiro atoms. The van der Waals surface area contributed by atoms with Gasteiger partial charge in [0.05, 0.1) is 13.7 Å². The minimum atomic E-state index is -2.95. The molecular weight excluding hydrogens is 394 g/mol. The number of rotatable bonds is 6. The smallest absolute Gasteiger partial charge is 0.387 e. The van der Waals surface area contributed by atoms with Crippen molar-refractivity contribution in [3.63, 3.8) is 0 Å². The van der Waals surface area contributed by atoms with Gasteiger partial charge < -0.3 is 19.1 Å². The molecule has 2 heterocycles. The van der Waals surface area contributed by atoms with Crippen LogP contribution >= 0.6 is 0 Å². The number of benzene rings is 2. The van der Waals surface area contributed by atoms with Crippen molar-refractivity contribution in [3.8, 4) is 17.2 Å². The molecule has 30 heavy (non-hydrogen) atoms. The summed E-state index contributed by atoms with van der Waals surface area (Å²) in [6.45, 7) is 1.37. The number of carbonyl (C=O) groups excluding carboxylic acids is 1. The van der Waals surface area contributed by atoms with Crippen LogP contribution in [0.2, 0.25) is 0 Å². The van der Waals surface area contributed by atoms with Gasteiger partial charge in [-0.2, -0.15) is 8.78 Å². The Hall–Kier alpha value is -2.87. The second-order valence-electron chi connectivity index (χ2n) is 7.35. The number of piperazine rings is 1. The minimum Gasteiger partial charge on any atom is -0.493 e. The van der Waals surface area contributed by atoms with E-state index >= 15 is 0 Å². The lowest BCUT2D eigenvalue weighted by molar-refractivity contribution is -0.0512. The zero-order valence-electron chi connectivity index (χ0n) is 16.8. The fourth-order valence-corrected chi connectivity index (χ4v) is 3.88. The van der Waals surface area contributed by atoms with Gasteiger partial charge >= 0.3 is 6.61 Å². The van der Waals surface area contributed by atoms with E-state index in [1.54, 1.807) is 4.90 Å². The number of fused-ring (bicyclic) bond motifs is 1. The van der Waals surface area contributed by atoms with Crippen LogP contribution in [-0.2, 0) is 13.0 Å². The van der Waals surface area contributed by atoms with Crippen LogP contribution in [-0.4, -0.2) is 62.2 Å². The average molecular weight is 418 g/mol. The van der Waals surface area contributed by atoms with Crippen molar-refractivity contribution in [2.45, 2.75) is 19.6 Å². The zero-order chi connectivity index (χ0) is 21.1. The molecule has 2 aliphatic heterocycles. The average Bonchev–Trinajstić information content (AvgIpc) is 3.21. The highest BCUT2D eigenvalue weighted by Crippen LogP contribution is 2.30. The summed E-state index contributed by atoms with van der Waals surface area (Å²) >= 11 is 0. The van der Waals surface area contributed by atoms with E-state index in [1.807, 2.05) is 6.07 Å². The Labute approximate surface area is 173 Å². The van der Waals surface area contributed by atoms with Crippen molar-refractivity contribution in [2.75, 3.05) is 39.9 Å². The predicted molar refractivity (Wildman–Crippen MR) is 106 cm³/mol. The lowest BCUT2D eigenvalue weighted by Crippen LogP contribution is -2.48. The van der Waals surface area contributed by atoms with E-state index in [0.29, 0.717) is 18.7 Å². The van der Waals surface area contributed by atoms with Crippen molar-refractivity contribution in [3.05, 3.63) is 53.1 Å². The number of carbonyl (C=O) groups is 1. The first-order chi connectivity index (χ1) is 14.5. The molecule has 0 unspecified atom stereocenters. The van der Waals surface area contributed by atoms with Crippen LogP contribution in [0.25, 0.3) is 0 Å². The van der Waals surface area contributed by atoms with Crippen LogP contribution in [0.3, 0.4) is 0 Å². The summed E-state index contributed by atoms with van der Waals surface area (Å²) in [5.74, 6) is 0.856. The summed E-state index contributed by atoms with van der Waals surface area (Å²) in [4.78, 5) is 16.9. The monoisotopic (exact) mass is 418 g/mol. The third-order valence-electron chi connectivity index (χ3n) is 5.45. The van der Waals surface area contributed by atoms with Gasteiger partial charge in [-0.05, 0) is 35.4 Å². The molecule has 0 radical (unpaired) electrons. The summed E-state index contributed by atoms with van der Waals surface area (Å²) in [5, 5.41) is 0. The molecule has 2 aromatic carbocycles. The molecule has 1 saturated heterocycles. The van der Waals surface area contributed by atoms with E-state index < -0.39 is 6.61 Å². The van der Waals surface area contributed by atoms with Gasteiger partial charge in [0.25, 0.3) is 5.91 Å². The van der Waals surface area contributed by atoms with E-state index in [9.17, 15) is 13.6 Å². The number of alkyl halides is 2. The summed E-state index contributed by atoms with van der Waals surface area (Å²) in [5.41, 5.74) is 2.90. The topological polar surface area (TPSA) is 51.2 Å². The van der Waals surface area contributed by atoms with E-state index in [1.165, 1.54) is 36.4 Å². The number of hydrogen-bond donors (Lipinski definition) is 0. The first-order valence-corrected chi connectivity index (χ1v) is 9.92. The Balaban J connectivity index is 1.35. The molecule has 2 aliphatic rings. The number of hydrogen-bond acceptors (Lipinski definition) is 5. The maximum atomic E-state index is 12.8. The van der Waals surface area contributed by atoms with Crippen LogP contribution in [0.15, 0.2) is 36.4 Å². The van der Waals surface area contributed by atoms with Gasteiger partial charge in [0.1, 0.15) is 5.75 Å². The largest absolute Gasteiger partial charge is 0.493 e. The molecule has 6 nitrogen and oxygen atoms in total. The molecule has 0 bridgehead atoms. The molecule has 0 N–H and O–H groups in total. The van der Waals surface area contributed by atoms with E-state index in [2.05, 4.69) is 21.8 Å². The first kappa shape index (κ1) is 20.4. The SMILES string of the molecule is COc1cc(C(=O)N2CCN(Cc3ccc4c(c3)CCO4)CC2)ccc1OC(F)F. The highest BCUT2D eigenvalue weighted by atomic mass is 19.3. The number of halogens is 2. The number of amides is 1. The number of nitrogens with zero attached hydrogens (tertiary/aromatic N) is 2. The van der Waals surface area contributed by atoms with Crippen molar-refractivity contribution >= 4 is 5.91 Å². The Morgan fingerprint density at radius 2 is 1.90 bits per heavy atom. The van der Waals surface area contributed by atoms with Gasteiger partial charge in [0.2, 0.25) is 0 Å². The van der Waals surface area contributed by atoms with Gasteiger partial charge in [-0.1, -0.05) is 12.1 Å². The highest BCUT2D eigenvalue weighted by molar-refractivity contribution is 5.95. The Morgan fingerprint density at radius 3 is 2.63 bits per heavy atom. The van der Waals surface area contributed by atoms with Crippen LogP contribution in [0.5, 0.6) is 17.2 Å². The van der Waals surface area contributed by atoms with Crippen molar-refractivity contribution in [1.29, 1.82) is 0 Å². The highest BCUT2D eigenvalue weighted by Gasteiger charge is 2.24. The van der Waals surface area contributed by atoms with Crippen molar-refractivity contribution < 1.29 is 27.8 Å². The fraction of sp³-hybridized carbons (Fsp3) is 0.409. The van der Waals surface area contributed by atoms with Crippen molar-refractivity contribution in [2.24, 2.45) is 0 Å². The van der Waals surface area contributed by atoms with E-state index in [0.717, 1.165) is 38.4 Å². The first-order valence-electron chi connectivity index (χ1n) is 9.92. The molecule has 8 heteroatoms. The van der Waals surface area contributed by atoms with Crippen molar-refractivity contribution in [1.82, 2.24) is 9.80 Å². The fourth-order valence-electron chi connectivity index (χ4n) is 3.88. The summed E-state index contributed by atoms with van der Waals surface area (Å²) in [6, 6.07) is 10.6. The number of methoxy groups -OCH3 is 1. The summed E-state index contributed by atoms with van der Waals surface area (Å²) in [7, 11) is 1.35. The lowest BCUT2D eigenvalue weighted by Gasteiger charge is -2.35. The number of ether oxygens (including phenoxy) is 3. The molecule has 0 aromatic heterocycles. The molecular formula is C22H24F2N2O4. The predicted octanol–water partition coefficient (Wildman–Crippen LogP) is 3.19. The van der Waals surface area contributed by atoms with Gasteiger partial charge in [-0.25, -0.2) is 0 Å². The van der Waals surface area contributed by atoms with Crippen LogP contribution in [0.1, 0.15) is 21.5 Å². The zero-order valence-corrected chi connectivity index (χ0v) is 16.8. The Bertz CT molecular complexity index is 914. The van der Waals surface area contributed by atoms with E-state index in [-0.39, 0.29) is 17.4 Å². The molecule has 1 fully saturated rings. The molecule has 2 aromatic rings. The lowest BCUT2D eigenvalue weighted by atomic mass is 10.1. The Kier molecular flexibility index (Phi) is 6.03. The second-order valence-corrected chi connectivity index (χ2v) is 7.35. The molecule has 160 valence electrons. The maximum Gasteiger partial charge on any atom is 0.387 e. The molecule has 0 atom stereocenters. The van der Waals surface area contributed by atoms with Gasteiger partial charge in [0.15, 0.2) is 11.5 Å². The molecule has 4 rings (SSSR count). The maximum absolute atomic E-state index is 12.8. The van der Waals surface area contributed by atoms with Gasteiger partial charge in [-0.15, -0.1) is 0 Å². The minimum absolute atomic E-state index is 0.0892. The quantitative estimate of drug-likeness (QED) is 0.721. The van der Waals surface area contributed by atoms with Crippen LogP contribution < -0.4 is 14.2 Å². The van der Waals surface area contributed by atoms with Gasteiger partial charge in [0, 0.05) is 44.7 Å². The van der Waals surface area contributed by atoms with E-state index in [4.69, 9.17) is 9.47 Å². The third-order valence-corrected chi connectivity index (χ3v) is 5.45. The normalized spacial score (nSPS) is 16.3. The second kappa shape index (κ2) is 8.87. The Morgan fingerprint density at radius 1 is 1.10 bits per heavy atom. The van der Waals surface area contributed by atoms with Gasteiger partial charge in [-0.3, -0.25) is 9.69 Å². The molecule has 0 aliphatic carbocycles. The van der Waals surface area contributed by atoms with Crippen LogP contribution in [0, 0.1) is 0 Å². The summed E-state index contributed by atoms with van der Waals surface area (Å²) in [6.07, 6.45) is 0.954. The summed E-state index contributed by atoms with van der Waals surface area (Å²) < 4.78 is 40.0.